The molecule has 0 aromatic rings. The summed E-state index contributed by atoms with van der Waals surface area (Å²) in [6.45, 7) is 0.862. The first kappa shape index (κ1) is 11.1. The molecular formula is C13H22O2. The van der Waals surface area contributed by atoms with Crippen molar-refractivity contribution in [3.05, 3.63) is 0 Å². The highest BCUT2D eigenvalue weighted by molar-refractivity contribution is 5.79. The van der Waals surface area contributed by atoms with Gasteiger partial charge >= 0.3 is 0 Å². The first-order valence-electron chi connectivity index (χ1n) is 6.48. The summed E-state index contributed by atoms with van der Waals surface area (Å²) in [5.74, 6) is 1.13. The molecular weight excluding hydrogens is 188 g/mol. The van der Waals surface area contributed by atoms with E-state index in [0.29, 0.717) is 18.1 Å². The number of hydrogen-bond acceptors (Lipinski definition) is 2. The molecule has 0 bridgehead atoms. The van der Waals surface area contributed by atoms with Crippen LogP contribution in [0.2, 0.25) is 0 Å². The lowest BCUT2D eigenvalue weighted by Gasteiger charge is -2.22. The quantitative estimate of drug-likeness (QED) is 0.712. The SMILES string of the molecule is O=C(CC1CCCC1)CC1CCCCO1. The molecule has 0 spiro atoms. The van der Waals surface area contributed by atoms with Gasteiger partial charge in [-0.3, -0.25) is 4.79 Å². The largest absolute Gasteiger partial charge is 0.378 e. The standard InChI is InChI=1S/C13H22O2/c14-12(9-11-5-1-2-6-11)10-13-7-3-4-8-15-13/h11,13H,1-10H2. The molecule has 1 atom stereocenters. The molecule has 2 rings (SSSR count). The molecule has 0 radical (unpaired) electrons. The van der Waals surface area contributed by atoms with Gasteiger partial charge in [0.25, 0.3) is 0 Å². The molecule has 0 N–H and O–H groups in total. The fourth-order valence-corrected chi connectivity index (χ4v) is 2.84. The van der Waals surface area contributed by atoms with Gasteiger partial charge in [-0.05, 0) is 25.2 Å². The van der Waals surface area contributed by atoms with Crippen molar-refractivity contribution in [2.24, 2.45) is 5.92 Å². The molecule has 2 fully saturated rings. The molecule has 0 amide bonds. The van der Waals surface area contributed by atoms with Gasteiger partial charge in [0, 0.05) is 19.4 Å². The maximum absolute atomic E-state index is 11.8. The van der Waals surface area contributed by atoms with Crippen molar-refractivity contribution in [1.82, 2.24) is 0 Å². The molecule has 86 valence electrons. The fraction of sp³-hybridized carbons (Fsp3) is 0.923. The third kappa shape index (κ3) is 3.60. The van der Waals surface area contributed by atoms with Gasteiger partial charge < -0.3 is 4.74 Å². The van der Waals surface area contributed by atoms with Crippen molar-refractivity contribution in [3.63, 3.8) is 0 Å². The van der Waals surface area contributed by atoms with Gasteiger partial charge in [-0.25, -0.2) is 0 Å². The predicted octanol–water partition coefficient (Wildman–Crippen LogP) is 3.10. The van der Waals surface area contributed by atoms with Crippen LogP contribution in [-0.2, 0) is 9.53 Å². The third-order valence-electron chi connectivity index (χ3n) is 3.72. The summed E-state index contributed by atoms with van der Waals surface area (Å²) in [6.07, 6.45) is 10.5. The van der Waals surface area contributed by atoms with Gasteiger partial charge in [0.05, 0.1) is 6.10 Å². The Labute approximate surface area is 92.4 Å². The highest BCUT2D eigenvalue weighted by Crippen LogP contribution is 2.28. The lowest BCUT2D eigenvalue weighted by Crippen LogP contribution is -2.23. The van der Waals surface area contributed by atoms with Crippen LogP contribution in [0.5, 0.6) is 0 Å². The van der Waals surface area contributed by atoms with Gasteiger partial charge in [-0.1, -0.05) is 25.7 Å². The molecule has 1 saturated carbocycles. The number of ketones is 1. The molecule has 2 aliphatic rings. The summed E-state index contributed by atoms with van der Waals surface area (Å²) >= 11 is 0. The predicted molar refractivity (Wildman–Crippen MR) is 59.8 cm³/mol. The number of rotatable bonds is 4. The van der Waals surface area contributed by atoms with Crippen molar-refractivity contribution in [2.75, 3.05) is 6.61 Å². The van der Waals surface area contributed by atoms with Gasteiger partial charge in [0.2, 0.25) is 0 Å². The molecule has 0 aromatic carbocycles. The van der Waals surface area contributed by atoms with Crippen LogP contribution in [0.25, 0.3) is 0 Å². The van der Waals surface area contributed by atoms with Gasteiger partial charge in [0.1, 0.15) is 5.78 Å². The molecule has 0 aromatic heterocycles. The van der Waals surface area contributed by atoms with E-state index < -0.39 is 0 Å². The minimum Gasteiger partial charge on any atom is -0.378 e. The molecule has 2 nitrogen and oxygen atoms in total. The molecule has 1 heterocycles. The second-order valence-corrected chi connectivity index (χ2v) is 5.09. The molecule has 1 aliphatic heterocycles. The van der Waals surface area contributed by atoms with Crippen molar-refractivity contribution < 1.29 is 9.53 Å². The minimum absolute atomic E-state index is 0.243. The van der Waals surface area contributed by atoms with E-state index in [-0.39, 0.29) is 6.10 Å². The zero-order chi connectivity index (χ0) is 10.5. The van der Waals surface area contributed by atoms with E-state index in [9.17, 15) is 4.79 Å². The number of Topliss-reactive ketones (excluding diaryl/α,β-unsaturated/α-hetero) is 1. The topological polar surface area (TPSA) is 26.3 Å². The first-order chi connectivity index (χ1) is 7.34. The second-order valence-electron chi connectivity index (χ2n) is 5.09. The normalized spacial score (nSPS) is 28.1. The number of hydrogen-bond donors (Lipinski definition) is 0. The maximum atomic E-state index is 11.8. The van der Waals surface area contributed by atoms with E-state index in [2.05, 4.69) is 0 Å². The van der Waals surface area contributed by atoms with Gasteiger partial charge in [-0.2, -0.15) is 0 Å². The Balaban J connectivity index is 1.66. The van der Waals surface area contributed by atoms with E-state index in [1.807, 2.05) is 0 Å². The minimum atomic E-state index is 0.243. The maximum Gasteiger partial charge on any atom is 0.135 e. The summed E-state index contributed by atoms with van der Waals surface area (Å²) in [5, 5.41) is 0. The monoisotopic (exact) mass is 210 g/mol. The molecule has 1 saturated heterocycles. The highest BCUT2D eigenvalue weighted by atomic mass is 16.5. The lowest BCUT2D eigenvalue weighted by molar-refractivity contribution is -0.123. The first-order valence-corrected chi connectivity index (χ1v) is 6.48. The Morgan fingerprint density at radius 1 is 1.00 bits per heavy atom. The Hall–Kier alpha value is -0.370. The van der Waals surface area contributed by atoms with Crippen LogP contribution in [-0.4, -0.2) is 18.5 Å². The molecule has 15 heavy (non-hydrogen) atoms. The van der Waals surface area contributed by atoms with E-state index >= 15 is 0 Å². The van der Waals surface area contributed by atoms with Crippen molar-refractivity contribution in [1.29, 1.82) is 0 Å². The van der Waals surface area contributed by atoms with Crippen LogP contribution in [0.1, 0.15) is 57.8 Å². The molecule has 1 unspecified atom stereocenters. The number of ether oxygens (including phenoxy) is 1. The Kier molecular flexibility index (Phi) is 4.18. The zero-order valence-electron chi connectivity index (χ0n) is 9.54. The highest BCUT2D eigenvalue weighted by Gasteiger charge is 2.22. The molecule has 1 aliphatic carbocycles. The smallest absolute Gasteiger partial charge is 0.135 e. The molecule has 2 heteroatoms. The van der Waals surface area contributed by atoms with Crippen LogP contribution < -0.4 is 0 Å². The summed E-state index contributed by atoms with van der Waals surface area (Å²) < 4.78 is 5.59. The Morgan fingerprint density at radius 2 is 1.73 bits per heavy atom. The van der Waals surface area contributed by atoms with Crippen LogP contribution in [0.3, 0.4) is 0 Å². The zero-order valence-corrected chi connectivity index (χ0v) is 9.54. The third-order valence-corrected chi connectivity index (χ3v) is 3.72. The summed E-state index contributed by atoms with van der Waals surface area (Å²) in [7, 11) is 0. The second kappa shape index (κ2) is 5.64. The van der Waals surface area contributed by atoms with Crippen molar-refractivity contribution in [3.8, 4) is 0 Å². The summed E-state index contributed by atoms with van der Waals surface area (Å²) in [6, 6.07) is 0. The summed E-state index contributed by atoms with van der Waals surface area (Å²) in [4.78, 5) is 11.8. The van der Waals surface area contributed by atoms with Crippen LogP contribution in [0, 0.1) is 5.92 Å². The van der Waals surface area contributed by atoms with Crippen LogP contribution >= 0.6 is 0 Å². The van der Waals surface area contributed by atoms with E-state index in [0.717, 1.165) is 19.4 Å². The van der Waals surface area contributed by atoms with Crippen LogP contribution in [0.15, 0.2) is 0 Å². The Morgan fingerprint density at radius 3 is 2.40 bits per heavy atom. The Bertz CT molecular complexity index is 201. The van der Waals surface area contributed by atoms with Crippen LogP contribution in [0.4, 0.5) is 0 Å². The average Bonchev–Trinajstić information content (AvgIpc) is 2.71. The lowest BCUT2D eigenvalue weighted by atomic mass is 9.96. The van der Waals surface area contributed by atoms with E-state index in [1.165, 1.54) is 38.5 Å². The van der Waals surface area contributed by atoms with Gasteiger partial charge in [0.15, 0.2) is 0 Å². The van der Waals surface area contributed by atoms with E-state index in [1.54, 1.807) is 0 Å². The fourth-order valence-electron chi connectivity index (χ4n) is 2.84. The average molecular weight is 210 g/mol. The van der Waals surface area contributed by atoms with Gasteiger partial charge in [-0.15, -0.1) is 0 Å². The van der Waals surface area contributed by atoms with Crippen molar-refractivity contribution >= 4 is 5.78 Å². The van der Waals surface area contributed by atoms with E-state index in [4.69, 9.17) is 4.74 Å². The van der Waals surface area contributed by atoms with Crippen molar-refractivity contribution in [2.45, 2.75) is 63.9 Å². The number of carbonyl (C=O) groups excluding carboxylic acids is 1. The number of carbonyl (C=O) groups is 1. The summed E-state index contributed by atoms with van der Waals surface area (Å²) in [5.41, 5.74) is 0.